The minimum atomic E-state index is 0.125. The number of ether oxygens (including phenoxy) is 2. The van der Waals surface area contributed by atoms with E-state index in [2.05, 4.69) is 45.3 Å². The summed E-state index contributed by atoms with van der Waals surface area (Å²) in [6.45, 7) is 2.49. The molecule has 5 nitrogen and oxygen atoms in total. The van der Waals surface area contributed by atoms with E-state index in [-0.39, 0.29) is 5.11 Å². The molecule has 0 amide bonds. The van der Waals surface area contributed by atoms with E-state index < -0.39 is 0 Å². The van der Waals surface area contributed by atoms with Crippen molar-refractivity contribution < 1.29 is 9.47 Å². The molecule has 0 saturated carbocycles. The zero-order valence-electron chi connectivity index (χ0n) is 10.1. The van der Waals surface area contributed by atoms with E-state index in [0.29, 0.717) is 12.4 Å². The van der Waals surface area contributed by atoms with E-state index >= 15 is 0 Å². The maximum Gasteiger partial charge on any atom is 0.184 e. The van der Waals surface area contributed by atoms with Gasteiger partial charge in [-0.1, -0.05) is 0 Å². The van der Waals surface area contributed by atoms with Crippen molar-refractivity contribution in [2.45, 2.75) is 6.92 Å². The summed E-state index contributed by atoms with van der Waals surface area (Å²) in [5, 5.41) is 4.02. The lowest BCUT2D eigenvalue weighted by Crippen LogP contribution is -2.24. The van der Waals surface area contributed by atoms with Gasteiger partial charge in [0.15, 0.2) is 16.6 Å². The monoisotopic (exact) mass is 379 g/mol. The van der Waals surface area contributed by atoms with E-state index in [0.717, 1.165) is 14.9 Å². The van der Waals surface area contributed by atoms with Gasteiger partial charge in [0, 0.05) is 0 Å². The maximum absolute atomic E-state index is 5.51. The van der Waals surface area contributed by atoms with Crippen molar-refractivity contribution in [2.75, 3.05) is 13.7 Å². The van der Waals surface area contributed by atoms with Gasteiger partial charge in [0.05, 0.1) is 23.5 Å². The summed E-state index contributed by atoms with van der Waals surface area (Å²) in [5.74, 6) is 1.40. The summed E-state index contributed by atoms with van der Waals surface area (Å²) >= 11 is 6.83. The molecule has 0 heterocycles. The molecule has 0 bridgehead atoms. The van der Waals surface area contributed by atoms with Crippen LogP contribution in [0.25, 0.3) is 0 Å². The highest BCUT2D eigenvalue weighted by Gasteiger charge is 2.10. The highest BCUT2D eigenvalue weighted by molar-refractivity contribution is 14.1. The summed E-state index contributed by atoms with van der Waals surface area (Å²) in [6, 6.07) is 3.77. The number of nitrogens with two attached hydrogens (primary N) is 1. The van der Waals surface area contributed by atoms with Crippen LogP contribution in [0.2, 0.25) is 0 Å². The summed E-state index contributed by atoms with van der Waals surface area (Å²) in [6.07, 6.45) is 1.61. The predicted octanol–water partition coefficient (Wildman–Crippen LogP) is 1.87. The Balaban J connectivity index is 3.00. The number of hydrazone groups is 1. The molecule has 0 aliphatic heterocycles. The molecule has 0 aliphatic carbocycles. The number of rotatable bonds is 5. The second-order valence-electron chi connectivity index (χ2n) is 3.20. The van der Waals surface area contributed by atoms with Gasteiger partial charge in [-0.05, 0) is 59.4 Å². The highest BCUT2D eigenvalue weighted by atomic mass is 127. The fourth-order valence-corrected chi connectivity index (χ4v) is 2.19. The van der Waals surface area contributed by atoms with Crippen LogP contribution in [0.15, 0.2) is 17.2 Å². The van der Waals surface area contributed by atoms with Crippen molar-refractivity contribution in [1.82, 2.24) is 5.43 Å². The third-order valence-corrected chi connectivity index (χ3v) is 2.82. The first-order valence-electron chi connectivity index (χ1n) is 5.17. The first kappa shape index (κ1) is 15.0. The molecule has 0 aliphatic rings. The fourth-order valence-electron chi connectivity index (χ4n) is 1.29. The molecule has 0 radical (unpaired) electrons. The van der Waals surface area contributed by atoms with Gasteiger partial charge in [0.2, 0.25) is 0 Å². The summed E-state index contributed by atoms with van der Waals surface area (Å²) in [7, 11) is 1.61. The van der Waals surface area contributed by atoms with Crippen molar-refractivity contribution in [1.29, 1.82) is 0 Å². The van der Waals surface area contributed by atoms with Crippen molar-refractivity contribution in [3.05, 3.63) is 21.3 Å². The third kappa shape index (κ3) is 4.30. The van der Waals surface area contributed by atoms with E-state index in [1.165, 1.54) is 0 Å². The lowest BCUT2D eigenvalue weighted by atomic mass is 10.2. The molecular weight excluding hydrogens is 365 g/mol. The minimum absolute atomic E-state index is 0.125. The zero-order chi connectivity index (χ0) is 13.5. The van der Waals surface area contributed by atoms with Crippen LogP contribution < -0.4 is 20.6 Å². The van der Waals surface area contributed by atoms with Gasteiger partial charge in [-0.3, -0.25) is 5.43 Å². The molecule has 7 heteroatoms. The number of hydrogen-bond acceptors (Lipinski definition) is 4. The number of nitrogens with one attached hydrogen (secondary N) is 1. The Bertz CT molecular complexity index is 466. The smallest absolute Gasteiger partial charge is 0.184 e. The Morgan fingerprint density at radius 3 is 2.89 bits per heavy atom. The van der Waals surface area contributed by atoms with Gasteiger partial charge in [-0.15, -0.1) is 0 Å². The predicted molar refractivity (Wildman–Crippen MR) is 84.4 cm³/mol. The Morgan fingerprint density at radius 1 is 1.61 bits per heavy atom. The van der Waals surface area contributed by atoms with Gasteiger partial charge >= 0.3 is 0 Å². The Labute approximate surface area is 125 Å². The largest absolute Gasteiger partial charge is 0.492 e. The molecule has 1 aromatic carbocycles. The van der Waals surface area contributed by atoms with Gasteiger partial charge in [0.1, 0.15) is 0 Å². The Hall–Kier alpha value is -1.09. The minimum Gasteiger partial charge on any atom is -0.492 e. The number of hydrogen-bond donors (Lipinski definition) is 2. The van der Waals surface area contributed by atoms with E-state index in [1.807, 2.05) is 19.1 Å². The number of methoxy groups -OCH3 is 1. The highest BCUT2D eigenvalue weighted by Crippen LogP contribution is 2.33. The SMILES string of the molecule is CCOc1cc(C=NNC(N)=S)cc(I)c1OC. The van der Waals surface area contributed by atoms with E-state index in [4.69, 9.17) is 15.2 Å². The number of nitrogens with zero attached hydrogens (tertiary/aromatic N) is 1. The van der Waals surface area contributed by atoms with Gasteiger partial charge in [0.25, 0.3) is 0 Å². The number of thiocarbonyl (C=S) groups is 1. The van der Waals surface area contributed by atoms with Gasteiger partial charge in [-0.25, -0.2) is 0 Å². The van der Waals surface area contributed by atoms with Crippen LogP contribution in [-0.2, 0) is 0 Å². The Morgan fingerprint density at radius 2 is 2.33 bits per heavy atom. The van der Waals surface area contributed by atoms with Crippen LogP contribution in [0.3, 0.4) is 0 Å². The van der Waals surface area contributed by atoms with E-state index in [1.54, 1.807) is 13.3 Å². The normalized spacial score (nSPS) is 10.4. The molecule has 0 spiro atoms. The van der Waals surface area contributed by atoms with Crippen molar-refractivity contribution in [3.63, 3.8) is 0 Å². The molecule has 0 fully saturated rings. The Kier molecular flexibility index (Phi) is 6.13. The van der Waals surface area contributed by atoms with Crippen molar-refractivity contribution in [3.8, 4) is 11.5 Å². The summed E-state index contributed by atoms with van der Waals surface area (Å²) in [5.41, 5.74) is 8.64. The first-order valence-corrected chi connectivity index (χ1v) is 6.66. The molecule has 98 valence electrons. The van der Waals surface area contributed by atoms with Crippen LogP contribution in [0.4, 0.5) is 0 Å². The van der Waals surface area contributed by atoms with Gasteiger partial charge < -0.3 is 15.2 Å². The number of benzene rings is 1. The maximum atomic E-state index is 5.51. The molecule has 1 aromatic rings. The summed E-state index contributed by atoms with van der Waals surface area (Å²) in [4.78, 5) is 0. The molecule has 0 atom stereocenters. The van der Waals surface area contributed by atoms with Crippen LogP contribution in [0.1, 0.15) is 12.5 Å². The number of halogens is 1. The molecule has 0 aromatic heterocycles. The molecular formula is C11H14IN3O2S. The standard InChI is InChI=1S/C11H14IN3O2S/c1-3-17-9-5-7(6-14-15-11(13)18)4-8(12)10(9)16-2/h4-6H,3H2,1-2H3,(H3,13,15,18). The van der Waals surface area contributed by atoms with Crippen molar-refractivity contribution in [2.24, 2.45) is 10.8 Å². The van der Waals surface area contributed by atoms with Crippen LogP contribution >= 0.6 is 34.8 Å². The van der Waals surface area contributed by atoms with Crippen molar-refractivity contribution >= 4 is 46.1 Å². The van der Waals surface area contributed by atoms with Gasteiger partial charge in [-0.2, -0.15) is 5.10 Å². The molecule has 3 N–H and O–H groups in total. The lowest BCUT2D eigenvalue weighted by Gasteiger charge is -2.11. The zero-order valence-corrected chi connectivity index (χ0v) is 13.0. The second kappa shape index (κ2) is 7.37. The van der Waals surface area contributed by atoms with Crippen LogP contribution in [-0.4, -0.2) is 25.0 Å². The molecule has 1 rings (SSSR count). The fraction of sp³-hybridized carbons (Fsp3) is 0.273. The van der Waals surface area contributed by atoms with Crippen LogP contribution in [0.5, 0.6) is 11.5 Å². The second-order valence-corrected chi connectivity index (χ2v) is 4.80. The lowest BCUT2D eigenvalue weighted by molar-refractivity contribution is 0.309. The topological polar surface area (TPSA) is 68.9 Å². The molecule has 18 heavy (non-hydrogen) atoms. The first-order chi connectivity index (χ1) is 8.58. The van der Waals surface area contributed by atoms with Crippen LogP contribution in [0, 0.1) is 3.57 Å². The average molecular weight is 379 g/mol. The van der Waals surface area contributed by atoms with E-state index in [9.17, 15) is 0 Å². The quantitative estimate of drug-likeness (QED) is 0.354. The molecule has 0 saturated heterocycles. The average Bonchev–Trinajstić information content (AvgIpc) is 2.28. The summed E-state index contributed by atoms with van der Waals surface area (Å²) < 4.78 is 11.7. The third-order valence-electron chi connectivity index (χ3n) is 1.92. The molecule has 0 unspecified atom stereocenters.